The Labute approximate surface area is 196 Å². The molecule has 3 aromatic rings. The Bertz CT molecular complexity index is 1400. The van der Waals surface area contributed by atoms with E-state index in [0.717, 1.165) is 32.8 Å². The van der Waals surface area contributed by atoms with E-state index in [1.807, 2.05) is 56.4 Å². The van der Waals surface area contributed by atoms with Gasteiger partial charge in [0.15, 0.2) is 5.84 Å². The van der Waals surface area contributed by atoms with E-state index in [4.69, 9.17) is 10.1 Å². The molecule has 2 aliphatic rings. The highest BCUT2D eigenvalue weighted by Crippen LogP contribution is 2.30. The van der Waals surface area contributed by atoms with Crippen molar-refractivity contribution in [3.63, 3.8) is 0 Å². The Balaban J connectivity index is 1.43. The summed E-state index contributed by atoms with van der Waals surface area (Å²) in [5.41, 5.74) is 4.45. The Morgan fingerprint density at radius 1 is 1.15 bits per heavy atom. The first-order valence-corrected chi connectivity index (χ1v) is 11.5. The number of aryl methyl sites for hydroxylation is 2. The third kappa shape index (κ3) is 3.98. The number of benzene rings is 2. The number of nitrogens with one attached hydrogen (secondary N) is 1. The van der Waals surface area contributed by atoms with E-state index in [1.165, 1.54) is 22.3 Å². The van der Waals surface area contributed by atoms with Crippen LogP contribution in [0.2, 0.25) is 0 Å². The van der Waals surface area contributed by atoms with Gasteiger partial charge in [-0.15, -0.1) is 0 Å². The minimum atomic E-state index is -0.418. The first-order valence-electron chi connectivity index (χ1n) is 10.7. The Morgan fingerprint density at radius 3 is 2.79 bits per heavy atom. The largest absolute Gasteiger partial charge is 0.491 e. The van der Waals surface area contributed by atoms with Crippen LogP contribution in [0.4, 0.5) is 0 Å². The van der Waals surface area contributed by atoms with Crippen LogP contribution in [0.15, 0.2) is 64.3 Å². The van der Waals surface area contributed by atoms with Crippen LogP contribution >= 0.6 is 11.8 Å². The van der Waals surface area contributed by atoms with Crippen LogP contribution in [0.5, 0.6) is 5.75 Å². The van der Waals surface area contributed by atoms with E-state index in [0.29, 0.717) is 18.3 Å². The second-order valence-electron chi connectivity index (χ2n) is 8.05. The number of carbonyl (C=O) groups is 1. The summed E-state index contributed by atoms with van der Waals surface area (Å²) in [5, 5.41) is 16.4. The van der Waals surface area contributed by atoms with Crippen molar-refractivity contribution in [3.05, 3.63) is 70.9 Å². The molecule has 0 saturated carbocycles. The van der Waals surface area contributed by atoms with Gasteiger partial charge in [0.05, 0.1) is 17.2 Å². The summed E-state index contributed by atoms with van der Waals surface area (Å²) in [4.78, 5) is 16.8. The van der Waals surface area contributed by atoms with Gasteiger partial charge in [-0.3, -0.25) is 10.2 Å². The summed E-state index contributed by atoms with van der Waals surface area (Å²) in [6, 6.07) is 14.2. The molecule has 0 radical (unpaired) electrons. The van der Waals surface area contributed by atoms with Crippen molar-refractivity contribution in [3.8, 4) is 5.75 Å². The normalized spacial score (nSPS) is 16.9. The highest BCUT2D eigenvalue weighted by Gasteiger charge is 2.34. The molecule has 1 amide bonds. The van der Waals surface area contributed by atoms with Crippen molar-refractivity contribution in [2.45, 2.75) is 27.3 Å². The van der Waals surface area contributed by atoms with Gasteiger partial charge in [-0.05, 0) is 56.3 Å². The van der Waals surface area contributed by atoms with Gasteiger partial charge in [-0.2, -0.15) is 15.1 Å². The molecule has 33 heavy (non-hydrogen) atoms. The molecule has 2 aliphatic heterocycles. The number of hydrogen-bond acceptors (Lipinski definition) is 5. The van der Waals surface area contributed by atoms with Crippen LogP contribution in [0.3, 0.4) is 0 Å². The molecular formula is C25H23N5O2S. The van der Waals surface area contributed by atoms with Crippen molar-refractivity contribution < 1.29 is 9.53 Å². The first kappa shape index (κ1) is 21.2. The third-order valence-corrected chi connectivity index (χ3v) is 6.42. The molecule has 0 spiro atoms. The summed E-state index contributed by atoms with van der Waals surface area (Å²) in [5.74, 6) is 0.511. The summed E-state index contributed by atoms with van der Waals surface area (Å²) in [6.45, 7) is 7.11. The summed E-state index contributed by atoms with van der Waals surface area (Å²) < 4.78 is 8.15. The van der Waals surface area contributed by atoms with E-state index in [9.17, 15) is 4.79 Å². The predicted octanol–water partition coefficient (Wildman–Crippen LogP) is 4.98. The fraction of sp³-hybridized carbons (Fsp3) is 0.200. The molecule has 7 nitrogen and oxygen atoms in total. The van der Waals surface area contributed by atoms with Crippen LogP contribution < -0.4 is 4.74 Å². The van der Waals surface area contributed by atoms with Gasteiger partial charge in [0.2, 0.25) is 5.17 Å². The van der Waals surface area contributed by atoms with Crippen molar-refractivity contribution in [1.29, 1.82) is 5.41 Å². The molecule has 1 aromatic heterocycles. The van der Waals surface area contributed by atoms with Crippen molar-refractivity contribution in [2.24, 2.45) is 10.1 Å². The number of para-hydroxylation sites is 1. The lowest BCUT2D eigenvalue weighted by Crippen LogP contribution is -2.35. The number of fused-ring (bicyclic) bond motifs is 2. The van der Waals surface area contributed by atoms with Gasteiger partial charge in [0, 0.05) is 22.7 Å². The van der Waals surface area contributed by atoms with Gasteiger partial charge >= 0.3 is 0 Å². The number of rotatable bonds is 5. The number of ether oxygens (including phenoxy) is 1. The quantitative estimate of drug-likeness (QED) is 0.548. The average molecular weight is 458 g/mol. The van der Waals surface area contributed by atoms with E-state index in [1.54, 1.807) is 6.08 Å². The fourth-order valence-corrected chi connectivity index (χ4v) is 4.77. The van der Waals surface area contributed by atoms with Gasteiger partial charge in [0.1, 0.15) is 12.4 Å². The zero-order valence-electron chi connectivity index (χ0n) is 18.6. The smallest absolute Gasteiger partial charge is 0.283 e. The molecule has 0 unspecified atom stereocenters. The first-order chi connectivity index (χ1) is 15.9. The van der Waals surface area contributed by atoms with Crippen LogP contribution in [-0.2, 0) is 11.3 Å². The standard InChI is InChI=1S/C25H23N5O2S/c1-15-8-9-22(16(2)12-15)32-11-10-29-14-18(19-6-4-5-7-21(19)29)13-20-23(26)30-25(27-24(20)31)33-17(3)28-30/h4-9,12-14,26H,10-11H2,1-3H3. The summed E-state index contributed by atoms with van der Waals surface area (Å²) in [7, 11) is 0. The third-order valence-electron chi connectivity index (χ3n) is 5.59. The average Bonchev–Trinajstić information content (AvgIpc) is 3.33. The van der Waals surface area contributed by atoms with Crippen molar-refractivity contribution in [2.75, 3.05) is 6.61 Å². The number of aromatic nitrogens is 1. The van der Waals surface area contributed by atoms with Gasteiger partial charge in [-0.25, -0.2) is 0 Å². The van der Waals surface area contributed by atoms with E-state index in [-0.39, 0.29) is 11.4 Å². The van der Waals surface area contributed by atoms with Gasteiger partial charge in [0.25, 0.3) is 5.91 Å². The monoisotopic (exact) mass is 457 g/mol. The highest BCUT2D eigenvalue weighted by molar-refractivity contribution is 8.26. The fourth-order valence-electron chi connectivity index (χ4n) is 4.03. The van der Waals surface area contributed by atoms with Gasteiger partial charge < -0.3 is 9.30 Å². The Hall–Kier alpha value is -3.65. The minimum Gasteiger partial charge on any atom is -0.491 e. The summed E-state index contributed by atoms with van der Waals surface area (Å²) >= 11 is 1.30. The Morgan fingerprint density at radius 2 is 1.97 bits per heavy atom. The predicted molar refractivity (Wildman–Crippen MR) is 134 cm³/mol. The molecule has 0 aliphatic carbocycles. The molecule has 166 valence electrons. The number of amides is 1. The molecule has 5 rings (SSSR count). The molecule has 0 fully saturated rings. The van der Waals surface area contributed by atoms with Crippen molar-refractivity contribution in [1.82, 2.24) is 9.58 Å². The molecule has 0 bridgehead atoms. The number of thioether (sulfide) groups is 1. The van der Waals surface area contributed by atoms with Crippen LogP contribution in [-0.4, -0.2) is 38.1 Å². The number of aliphatic imine (C=N–C) groups is 1. The second kappa shape index (κ2) is 8.37. The van der Waals surface area contributed by atoms with Crippen LogP contribution in [0.25, 0.3) is 17.0 Å². The number of amidine groups is 2. The molecule has 8 heteroatoms. The minimum absolute atomic E-state index is 0.0457. The van der Waals surface area contributed by atoms with E-state index in [2.05, 4.69) is 27.7 Å². The lowest BCUT2D eigenvalue weighted by Gasteiger charge is -2.20. The molecule has 3 heterocycles. The lowest BCUT2D eigenvalue weighted by atomic mass is 10.1. The molecule has 0 saturated heterocycles. The van der Waals surface area contributed by atoms with E-state index < -0.39 is 5.91 Å². The summed E-state index contributed by atoms with van der Waals surface area (Å²) in [6.07, 6.45) is 3.73. The number of carbonyl (C=O) groups excluding carboxylic acids is 1. The van der Waals surface area contributed by atoms with Crippen LogP contribution in [0.1, 0.15) is 23.6 Å². The topological polar surface area (TPSA) is 83.0 Å². The lowest BCUT2D eigenvalue weighted by molar-refractivity contribution is -0.114. The molecule has 0 atom stereocenters. The maximum absolute atomic E-state index is 12.7. The number of nitrogens with zero attached hydrogens (tertiary/aromatic N) is 4. The number of hydrogen-bond donors (Lipinski definition) is 1. The Kier molecular flexibility index (Phi) is 5.38. The SMILES string of the molecule is CC1=NN2C(=N)C(=Cc3cn(CCOc4ccc(C)cc4C)c4ccccc34)C(=O)N=C2S1. The maximum atomic E-state index is 12.7. The van der Waals surface area contributed by atoms with Crippen molar-refractivity contribution >= 4 is 50.7 Å². The molecule has 1 N–H and O–H groups in total. The zero-order valence-corrected chi connectivity index (χ0v) is 19.4. The molecular weight excluding hydrogens is 434 g/mol. The second-order valence-corrected chi connectivity index (χ2v) is 9.21. The van der Waals surface area contributed by atoms with Crippen LogP contribution in [0, 0.1) is 19.3 Å². The number of hydrazone groups is 1. The highest BCUT2D eigenvalue weighted by atomic mass is 32.2. The van der Waals surface area contributed by atoms with Gasteiger partial charge in [-0.1, -0.05) is 35.9 Å². The van der Waals surface area contributed by atoms with E-state index >= 15 is 0 Å². The molecule has 2 aromatic carbocycles. The zero-order chi connectivity index (χ0) is 23.1. The maximum Gasteiger partial charge on any atom is 0.283 e.